The maximum atomic E-state index is 11.5. The third-order valence-corrected chi connectivity index (χ3v) is 5.42. The Bertz CT molecular complexity index is 978. The zero-order chi connectivity index (χ0) is 20.2. The molecule has 4 rings (SSSR count). The molecule has 0 unspecified atom stereocenters. The van der Waals surface area contributed by atoms with E-state index in [2.05, 4.69) is 17.1 Å². The van der Waals surface area contributed by atoms with Gasteiger partial charge >= 0.3 is 0 Å². The van der Waals surface area contributed by atoms with Crippen molar-refractivity contribution in [3.05, 3.63) is 66.2 Å². The van der Waals surface area contributed by atoms with E-state index in [-0.39, 0.29) is 5.78 Å². The summed E-state index contributed by atoms with van der Waals surface area (Å²) in [6.45, 7) is 5.91. The van der Waals surface area contributed by atoms with E-state index in [1.807, 2.05) is 60.7 Å². The Morgan fingerprint density at radius 1 is 1.00 bits per heavy atom. The molecule has 2 aromatic carbocycles. The molecule has 0 aliphatic carbocycles. The van der Waals surface area contributed by atoms with E-state index in [4.69, 9.17) is 9.97 Å². The molecule has 1 aromatic heterocycles. The Hall–Kier alpha value is -3.21. The van der Waals surface area contributed by atoms with Crippen LogP contribution in [0.4, 0.5) is 17.3 Å². The van der Waals surface area contributed by atoms with Crippen LogP contribution in [-0.4, -0.2) is 28.8 Å². The number of hydrogen-bond acceptors (Lipinski definition) is 5. The number of nitrogens with one attached hydrogen (secondary N) is 1. The highest BCUT2D eigenvalue weighted by molar-refractivity contribution is 5.94. The van der Waals surface area contributed by atoms with Crippen LogP contribution in [0.15, 0.2) is 60.7 Å². The molecule has 1 saturated heterocycles. The number of carbonyl (C=O) groups is 1. The highest BCUT2D eigenvalue weighted by Crippen LogP contribution is 2.27. The van der Waals surface area contributed by atoms with Crippen molar-refractivity contribution in [1.82, 2.24) is 9.97 Å². The smallest absolute Gasteiger partial charge is 0.163 e. The van der Waals surface area contributed by atoms with Crippen LogP contribution in [0, 0.1) is 5.92 Å². The van der Waals surface area contributed by atoms with Crippen molar-refractivity contribution in [2.24, 2.45) is 5.92 Å². The van der Waals surface area contributed by atoms with Crippen molar-refractivity contribution in [3.8, 4) is 11.4 Å². The first-order valence-corrected chi connectivity index (χ1v) is 10.2. The second-order valence-electron chi connectivity index (χ2n) is 7.73. The van der Waals surface area contributed by atoms with Crippen LogP contribution in [0.2, 0.25) is 0 Å². The van der Waals surface area contributed by atoms with Crippen LogP contribution >= 0.6 is 0 Å². The minimum Gasteiger partial charge on any atom is -0.356 e. The van der Waals surface area contributed by atoms with Crippen molar-refractivity contribution in [1.29, 1.82) is 0 Å². The van der Waals surface area contributed by atoms with Gasteiger partial charge in [0.15, 0.2) is 11.6 Å². The third-order valence-electron chi connectivity index (χ3n) is 5.42. The normalized spacial score (nSPS) is 14.6. The summed E-state index contributed by atoms with van der Waals surface area (Å²) in [5, 5.41) is 3.38. The molecule has 5 nitrogen and oxygen atoms in total. The number of piperidine rings is 1. The number of aromatic nitrogens is 2. The summed E-state index contributed by atoms with van der Waals surface area (Å²) in [5.41, 5.74) is 2.59. The van der Waals surface area contributed by atoms with Gasteiger partial charge in [0.25, 0.3) is 0 Å². The van der Waals surface area contributed by atoms with Gasteiger partial charge in [-0.15, -0.1) is 0 Å². The Kier molecular flexibility index (Phi) is 5.56. The number of hydrogen-bond donors (Lipinski definition) is 1. The lowest BCUT2D eigenvalue weighted by Crippen LogP contribution is -2.33. The lowest BCUT2D eigenvalue weighted by atomic mass is 9.99. The van der Waals surface area contributed by atoms with Gasteiger partial charge < -0.3 is 10.2 Å². The van der Waals surface area contributed by atoms with Gasteiger partial charge in [0.1, 0.15) is 11.6 Å². The van der Waals surface area contributed by atoms with Crippen molar-refractivity contribution in [3.63, 3.8) is 0 Å². The standard InChI is InChI=1S/C24H26N4O/c1-17-12-14-28(15-13-17)23-16-22(25-21-10-8-19(9-11-21)18(2)29)26-24(27-23)20-6-4-3-5-7-20/h3-11,16-17H,12-15H2,1-2H3,(H,25,26,27). The topological polar surface area (TPSA) is 58.1 Å². The molecule has 0 amide bonds. The summed E-state index contributed by atoms with van der Waals surface area (Å²) in [6.07, 6.45) is 2.36. The average Bonchev–Trinajstić information content (AvgIpc) is 2.75. The number of ketones is 1. The summed E-state index contributed by atoms with van der Waals surface area (Å²) in [5.74, 6) is 3.24. The highest BCUT2D eigenvalue weighted by atomic mass is 16.1. The molecule has 2 heterocycles. The maximum absolute atomic E-state index is 11.5. The van der Waals surface area contributed by atoms with Gasteiger partial charge in [-0.3, -0.25) is 4.79 Å². The van der Waals surface area contributed by atoms with Gasteiger partial charge in [-0.25, -0.2) is 9.97 Å². The van der Waals surface area contributed by atoms with Crippen molar-refractivity contribution < 1.29 is 4.79 Å². The number of carbonyl (C=O) groups excluding carboxylic acids is 1. The Balaban J connectivity index is 1.66. The predicted molar refractivity (Wildman–Crippen MR) is 118 cm³/mol. The molecule has 1 aliphatic rings. The molecule has 1 aliphatic heterocycles. The van der Waals surface area contributed by atoms with Crippen molar-refractivity contribution >= 4 is 23.1 Å². The molecule has 3 aromatic rings. The van der Waals surface area contributed by atoms with E-state index in [1.54, 1.807) is 6.92 Å². The fourth-order valence-corrected chi connectivity index (χ4v) is 3.55. The molecule has 148 valence electrons. The maximum Gasteiger partial charge on any atom is 0.163 e. The lowest BCUT2D eigenvalue weighted by molar-refractivity contribution is 0.101. The van der Waals surface area contributed by atoms with Crippen LogP contribution in [0.5, 0.6) is 0 Å². The molecule has 0 spiro atoms. The SMILES string of the molecule is CC(=O)c1ccc(Nc2cc(N3CCC(C)CC3)nc(-c3ccccc3)n2)cc1. The monoisotopic (exact) mass is 386 g/mol. The van der Waals surface area contributed by atoms with Gasteiger partial charge in [-0.2, -0.15) is 0 Å². The largest absolute Gasteiger partial charge is 0.356 e. The quantitative estimate of drug-likeness (QED) is 0.601. The zero-order valence-electron chi connectivity index (χ0n) is 16.9. The first kappa shape index (κ1) is 19.1. The fourth-order valence-electron chi connectivity index (χ4n) is 3.55. The van der Waals surface area contributed by atoms with Gasteiger partial charge in [0.05, 0.1) is 0 Å². The van der Waals surface area contributed by atoms with Crippen LogP contribution < -0.4 is 10.2 Å². The molecule has 1 N–H and O–H groups in total. The van der Waals surface area contributed by atoms with Gasteiger partial charge in [0.2, 0.25) is 0 Å². The fraction of sp³-hybridized carbons (Fsp3) is 0.292. The van der Waals surface area contributed by atoms with Gasteiger partial charge in [0, 0.05) is 36.0 Å². The number of rotatable bonds is 5. The molecule has 0 bridgehead atoms. The second kappa shape index (κ2) is 8.43. The molecular formula is C24H26N4O. The summed E-state index contributed by atoms with van der Waals surface area (Å²) >= 11 is 0. The zero-order valence-corrected chi connectivity index (χ0v) is 16.9. The Labute approximate surface area is 171 Å². The average molecular weight is 386 g/mol. The van der Waals surface area contributed by atoms with Crippen molar-refractivity contribution in [2.75, 3.05) is 23.3 Å². The molecular weight excluding hydrogens is 360 g/mol. The number of Topliss-reactive ketones (excluding diaryl/α,β-unsaturated/α-hetero) is 1. The second-order valence-corrected chi connectivity index (χ2v) is 7.73. The van der Waals surface area contributed by atoms with Gasteiger partial charge in [-0.1, -0.05) is 37.3 Å². The predicted octanol–water partition coefficient (Wildman–Crippen LogP) is 5.33. The van der Waals surface area contributed by atoms with Crippen LogP contribution in [0.3, 0.4) is 0 Å². The Morgan fingerprint density at radius 2 is 1.69 bits per heavy atom. The van der Waals surface area contributed by atoms with Crippen LogP contribution in [-0.2, 0) is 0 Å². The number of nitrogens with zero attached hydrogens (tertiary/aromatic N) is 3. The van der Waals surface area contributed by atoms with E-state index >= 15 is 0 Å². The molecule has 0 saturated carbocycles. The third kappa shape index (κ3) is 4.62. The molecule has 0 atom stereocenters. The van der Waals surface area contributed by atoms with E-state index in [1.165, 1.54) is 12.8 Å². The number of anilines is 3. The van der Waals surface area contributed by atoms with E-state index in [0.717, 1.165) is 41.9 Å². The molecule has 1 fully saturated rings. The van der Waals surface area contributed by atoms with E-state index in [0.29, 0.717) is 11.4 Å². The summed E-state index contributed by atoms with van der Waals surface area (Å²) < 4.78 is 0. The van der Waals surface area contributed by atoms with Crippen LogP contribution in [0.25, 0.3) is 11.4 Å². The Morgan fingerprint density at radius 3 is 2.34 bits per heavy atom. The summed E-state index contributed by atoms with van der Waals surface area (Å²) in [7, 11) is 0. The summed E-state index contributed by atoms with van der Waals surface area (Å²) in [4.78, 5) is 23.5. The lowest BCUT2D eigenvalue weighted by Gasteiger charge is -2.31. The first-order valence-electron chi connectivity index (χ1n) is 10.2. The van der Waals surface area contributed by atoms with E-state index in [9.17, 15) is 4.79 Å². The number of benzene rings is 2. The van der Waals surface area contributed by atoms with Gasteiger partial charge in [-0.05, 0) is 49.9 Å². The van der Waals surface area contributed by atoms with Crippen molar-refractivity contribution in [2.45, 2.75) is 26.7 Å². The minimum atomic E-state index is 0.0616. The first-order chi connectivity index (χ1) is 14.1. The molecule has 29 heavy (non-hydrogen) atoms. The molecule has 5 heteroatoms. The highest BCUT2D eigenvalue weighted by Gasteiger charge is 2.19. The minimum absolute atomic E-state index is 0.0616. The molecule has 0 radical (unpaired) electrons. The summed E-state index contributed by atoms with van der Waals surface area (Å²) in [6, 6.07) is 19.5. The van der Waals surface area contributed by atoms with Crippen LogP contribution in [0.1, 0.15) is 37.0 Å². The van der Waals surface area contributed by atoms with E-state index < -0.39 is 0 Å².